The van der Waals surface area contributed by atoms with Gasteiger partial charge in [0.1, 0.15) is 4.32 Å². The third-order valence-electron chi connectivity index (χ3n) is 3.35. The van der Waals surface area contributed by atoms with Crippen LogP contribution in [0.4, 0.5) is 0 Å². The van der Waals surface area contributed by atoms with Gasteiger partial charge in [-0.2, -0.15) is 0 Å². The fourth-order valence-electron chi connectivity index (χ4n) is 2.12. The van der Waals surface area contributed by atoms with E-state index < -0.39 is 0 Å². The van der Waals surface area contributed by atoms with Crippen molar-refractivity contribution in [1.82, 2.24) is 9.88 Å². The van der Waals surface area contributed by atoms with Crippen LogP contribution in [0.5, 0.6) is 0 Å². The minimum absolute atomic E-state index is 0.0585. The van der Waals surface area contributed by atoms with E-state index in [2.05, 4.69) is 9.72 Å². The predicted octanol–water partition coefficient (Wildman–Crippen LogP) is 3.02. The number of hydrogen-bond acceptors (Lipinski definition) is 6. The molecule has 1 aliphatic rings. The minimum Gasteiger partial charge on any atom is -0.469 e. The Kier molecular flexibility index (Phi) is 6.73. The summed E-state index contributed by atoms with van der Waals surface area (Å²) in [5, 5.41) is 0. The molecule has 1 aromatic rings. The Hall–Kier alpha value is -1.73. The molecule has 1 aromatic heterocycles. The number of esters is 1. The van der Waals surface area contributed by atoms with Gasteiger partial charge in [-0.25, -0.2) is 0 Å². The fraction of sp³-hybridized carbons (Fsp3) is 0.375. The Morgan fingerprint density at radius 3 is 2.96 bits per heavy atom. The quantitative estimate of drug-likeness (QED) is 0.326. The molecule has 1 aliphatic heterocycles. The van der Waals surface area contributed by atoms with Gasteiger partial charge in [0.2, 0.25) is 0 Å². The first kappa shape index (κ1) is 17.6. The number of thioether (sulfide) groups is 1. The Morgan fingerprint density at radius 2 is 2.26 bits per heavy atom. The Morgan fingerprint density at radius 1 is 1.43 bits per heavy atom. The van der Waals surface area contributed by atoms with E-state index in [0.29, 0.717) is 22.2 Å². The first-order valence-corrected chi connectivity index (χ1v) is 8.56. The van der Waals surface area contributed by atoms with Crippen LogP contribution in [-0.2, 0) is 14.3 Å². The van der Waals surface area contributed by atoms with Crippen molar-refractivity contribution < 1.29 is 14.3 Å². The molecule has 7 heteroatoms. The lowest BCUT2D eigenvalue weighted by atomic mass is 10.2. The van der Waals surface area contributed by atoms with Crippen LogP contribution in [0.2, 0.25) is 0 Å². The molecule has 1 amide bonds. The summed E-state index contributed by atoms with van der Waals surface area (Å²) in [6, 6.07) is 3.72. The largest absolute Gasteiger partial charge is 0.469 e. The van der Waals surface area contributed by atoms with E-state index in [4.69, 9.17) is 12.2 Å². The third kappa shape index (κ3) is 5.14. The van der Waals surface area contributed by atoms with Crippen molar-refractivity contribution >= 4 is 46.3 Å². The Bertz CT molecular complexity index is 617. The van der Waals surface area contributed by atoms with Crippen LogP contribution in [0, 0.1) is 0 Å². The number of aromatic nitrogens is 1. The maximum Gasteiger partial charge on any atom is 0.305 e. The fourth-order valence-corrected chi connectivity index (χ4v) is 3.43. The highest BCUT2D eigenvalue weighted by Gasteiger charge is 2.31. The highest BCUT2D eigenvalue weighted by molar-refractivity contribution is 8.26. The zero-order valence-corrected chi connectivity index (χ0v) is 14.5. The number of rotatable bonds is 7. The number of hydrogen-bond donors (Lipinski definition) is 0. The molecule has 0 aromatic carbocycles. The molecule has 0 unspecified atom stereocenters. The standard InChI is InChI=1S/C16H18N2O3S2/c1-21-14(19)7-3-2-4-9-18-15(20)13(23-16(18)22)10-12-6-5-8-17-11-12/h5-6,8,10-11H,2-4,7,9H2,1H3/b13-10+. The van der Waals surface area contributed by atoms with Gasteiger partial charge in [-0.3, -0.25) is 19.5 Å². The van der Waals surface area contributed by atoms with Crippen LogP contribution in [0.25, 0.3) is 6.08 Å². The van der Waals surface area contributed by atoms with E-state index in [1.165, 1.54) is 18.9 Å². The van der Waals surface area contributed by atoms with Crippen molar-refractivity contribution in [3.05, 3.63) is 35.0 Å². The van der Waals surface area contributed by atoms with Crippen LogP contribution in [0.1, 0.15) is 31.2 Å². The molecule has 0 atom stereocenters. The van der Waals surface area contributed by atoms with E-state index in [9.17, 15) is 9.59 Å². The van der Waals surface area contributed by atoms with Crippen molar-refractivity contribution in [2.75, 3.05) is 13.7 Å². The van der Waals surface area contributed by atoms with Gasteiger partial charge in [0.05, 0.1) is 12.0 Å². The third-order valence-corrected chi connectivity index (χ3v) is 4.72. The molecule has 2 heterocycles. The van der Waals surface area contributed by atoms with Gasteiger partial charge in [0, 0.05) is 25.4 Å². The van der Waals surface area contributed by atoms with Crippen LogP contribution in [0.15, 0.2) is 29.4 Å². The number of nitrogens with zero attached hydrogens (tertiary/aromatic N) is 2. The number of unbranched alkanes of at least 4 members (excludes halogenated alkanes) is 2. The van der Waals surface area contributed by atoms with E-state index in [-0.39, 0.29) is 11.9 Å². The normalized spacial score (nSPS) is 16.2. The van der Waals surface area contributed by atoms with E-state index in [1.807, 2.05) is 18.2 Å². The molecule has 0 spiro atoms. The summed E-state index contributed by atoms with van der Waals surface area (Å²) in [6.07, 6.45) is 8.04. The van der Waals surface area contributed by atoms with Crippen molar-refractivity contribution in [2.45, 2.75) is 25.7 Å². The average molecular weight is 350 g/mol. The maximum atomic E-state index is 12.4. The van der Waals surface area contributed by atoms with Crippen molar-refractivity contribution in [3.8, 4) is 0 Å². The second-order valence-electron chi connectivity index (χ2n) is 5.01. The van der Waals surface area contributed by atoms with Crippen molar-refractivity contribution in [3.63, 3.8) is 0 Å². The average Bonchev–Trinajstić information content (AvgIpc) is 2.82. The summed E-state index contributed by atoms with van der Waals surface area (Å²) in [6.45, 7) is 0.580. The molecule has 5 nitrogen and oxygen atoms in total. The highest BCUT2D eigenvalue weighted by atomic mass is 32.2. The number of methoxy groups -OCH3 is 1. The van der Waals surface area contributed by atoms with Crippen LogP contribution >= 0.6 is 24.0 Å². The molecular formula is C16H18N2O3S2. The van der Waals surface area contributed by atoms with Crippen molar-refractivity contribution in [2.24, 2.45) is 0 Å². The summed E-state index contributed by atoms with van der Waals surface area (Å²) in [4.78, 5) is 29.7. The Balaban J connectivity index is 1.84. The summed E-state index contributed by atoms with van der Waals surface area (Å²) in [5.74, 6) is -0.258. The molecule has 2 rings (SSSR count). The number of ether oxygens (including phenoxy) is 1. The van der Waals surface area contributed by atoms with Gasteiger partial charge in [-0.15, -0.1) is 0 Å². The minimum atomic E-state index is -0.199. The molecule has 0 N–H and O–H groups in total. The molecule has 23 heavy (non-hydrogen) atoms. The van der Waals surface area contributed by atoms with Crippen molar-refractivity contribution in [1.29, 1.82) is 0 Å². The SMILES string of the molecule is COC(=O)CCCCCN1C(=O)/C(=C\c2cccnc2)SC1=S. The number of amides is 1. The lowest BCUT2D eigenvalue weighted by Gasteiger charge is -2.13. The first-order valence-electron chi connectivity index (χ1n) is 7.34. The van der Waals surface area contributed by atoms with Gasteiger partial charge in [-0.1, -0.05) is 36.5 Å². The zero-order chi connectivity index (χ0) is 16.7. The van der Waals surface area contributed by atoms with Gasteiger partial charge in [0.25, 0.3) is 5.91 Å². The smallest absolute Gasteiger partial charge is 0.305 e. The second-order valence-corrected chi connectivity index (χ2v) is 6.68. The van der Waals surface area contributed by atoms with Gasteiger partial charge < -0.3 is 4.74 Å². The number of carbonyl (C=O) groups excluding carboxylic acids is 2. The monoisotopic (exact) mass is 350 g/mol. The van der Waals surface area contributed by atoms with E-state index in [0.717, 1.165) is 24.8 Å². The highest BCUT2D eigenvalue weighted by Crippen LogP contribution is 2.32. The van der Waals surface area contributed by atoms with Gasteiger partial charge in [-0.05, 0) is 30.5 Å². The zero-order valence-electron chi connectivity index (χ0n) is 12.9. The predicted molar refractivity (Wildman–Crippen MR) is 94.6 cm³/mol. The summed E-state index contributed by atoms with van der Waals surface area (Å²) < 4.78 is 5.18. The lowest BCUT2D eigenvalue weighted by molar-refractivity contribution is -0.140. The van der Waals surface area contributed by atoms with Crippen LogP contribution < -0.4 is 0 Å². The number of thiocarbonyl (C=S) groups is 1. The van der Waals surface area contributed by atoms with E-state index >= 15 is 0 Å². The first-order chi connectivity index (χ1) is 11.1. The molecule has 0 radical (unpaired) electrons. The van der Waals surface area contributed by atoms with Gasteiger partial charge >= 0.3 is 5.97 Å². The summed E-state index contributed by atoms with van der Waals surface area (Å²) in [5.41, 5.74) is 0.881. The molecule has 1 fully saturated rings. The Labute approximate surface area is 145 Å². The molecule has 0 aliphatic carbocycles. The number of pyridine rings is 1. The second kappa shape index (κ2) is 8.79. The van der Waals surface area contributed by atoms with Crippen LogP contribution in [0.3, 0.4) is 0 Å². The maximum absolute atomic E-state index is 12.4. The summed E-state index contributed by atoms with van der Waals surface area (Å²) in [7, 11) is 1.39. The topological polar surface area (TPSA) is 59.5 Å². The number of carbonyl (C=O) groups is 2. The van der Waals surface area contributed by atoms with E-state index in [1.54, 1.807) is 17.3 Å². The van der Waals surface area contributed by atoms with Gasteiger partial charge in [0.15, 0.2) is 0 Å². The summed E-state index contributed by atoms with van der Waals surface area (Å²) >= 11 is 6.60. The lowest BCUT2D eigenvalue weighted by Crippen LogP contribution is -2.29. The molecule has 0 saturated carbocycles. The molecule has 0 bridgehead atoms. The molecule has 122 valence electrons. The van der Waals surface area contributed by atoms with Crippen LogP contribution in [-0.4, -0.2) is 39.7 Å². The molecular weight excluding hydrogens is 332 g/mol. The molecule has 1 saturated heterocycles.